The number of benzene rings is 2. The topological polar surface area (TPSA) is 47.3 Å². The molecule has 2 aromatic rings. The fraction of sp³-hybridized carbons (Fsp3) is 0.333. The molecule has 1 aliphatic heterocycles. The molecule has 0 amide bonds. The molecule has 0 bridgehead atoms. The minimum atomic E-state index is 0.0484. The second-order valence-corrected chi connectivity index (χ2v) is 5.73. The van der Waals surface area contributed by atoms with Gasteiger partial charge in [0.15, 0.2) is 0 Å². The standard InChI is InChI=1S/C18H22N2O/c1-13-11-12-21-18(13)17(20-19)16-9-7-15(8-10-16)14-5-3-2-4-6-14/h2-10,13,17-18,20H,11-12,19H2,1H3. The lowest BCUT2D eigenvalue weighted by atomic mass is 9.92. The van der Waals surface area contributed by atoms with Gasteiger partial charge in [0.05, 0.1) is 12.1 Å². The van der Waals surface area contributed by atoms with Crippen molar-refractivity contribution >= 4 is 0 Å². The van der Waals surface area contributed by atoms with Crippen LogP contribution in [-0.4, -0.2) is 12.7 Å². The minimum Gasteiger partial charge on any atom is -0.376 e. The van der Waals surface area contributed by atoms with Crippen molar-refractivity contribution in [3.63, 3.8) is 0 Å². The van der Waals surface area contributed by atoms with Crippen LogP contribution < -0.4 is 11.3 Å². The molecule has 0 radical (unpaired) electrons. The zero-order chi connectivity index (χ0) is 14.7. The van der Waals surface area contributed by atoms with Gasteiger partial charge in [0.2, 0.25) is 0 Å². The van der Waals surface area contributed by atoms with Crippen LogP contribution in [0.25, 0.3) is 11.1 Å². The second-order valence-electron chi connectivity index (χ2n) is 5.73. The molecule has 110 valence electrons. The molecule has 0 aromatic heterocycles. The van der Waals surface area contributed by atoms with Crippen molar-refractivity contribution < 1.29 is 4.74 Å². The van der Waals surface area contributed by atoms with Gasteiger partial charge in [-0.1, -0.05) is 61.5 Å². The van der Waals surface area contributed by atoms with E-state index in [-0.39, 0.29) is 12.1 Å². The Hall–Kier alpha value is -1.68. The van der Waals surface area contributed by atoms with Crippen LogP contribution in [0.1, 0.15) is 24.9 Å². The molecule has 21 heavy (non-hydrogen) atoms. The van der Waals surface area contributed by atoms with Crippen LogP contribution in [0.5, 0.6) is 0 Å². The Labute approximate surface area is 126 Å². The van der Waals surface area contributed by atoms with Crippen LogP contribution in [0, 0.1) is 5.92 Å². The molecule has 3 rings (SSSR count). The number of nitrogens with one attached hydrogen (secondary N) is 1. The number of ether oxygens (including phenoxy) is 1. The van der Waals surface area contributed by atoms with Crippen molar-refractivity contribution in [2.45, 2.75) is 25.5 Å². The van der Waals surface area contributed by atoms with Crippen LogP contribution in [-0.2, 0) is 4.74 Å². The molecule has 3 unspecified atom stereocenters. The molecular weight excluding hydrogens is 260 g/mol. The average Bonchev–Trinajstić information content (AvgIpc) is 2.96. The van der Waals surface area contributed by atoms with Crippen molar-refractivity contribution in [2.75, 3.05) is 6.61 Å². The Morgan fingerprint density at radius 2 is 1.71 bits per heavy atom. The maximum atomic E-state index is 5.85. The van der Waals surface area contributed by atoms with E-state index in [1.54, 1.807) is 0 Å². The minimum absolute atomic E-state index is 0.0484. The van der Waals surface area contributed by atoms with E-state index < -0.39 is 0 Å². The molecule has 1 saturated heterocycles. The Morgan fingerprint density at radius 1 is 1.05 bits per heavy atom. The second kappa shape index (κ2) is 6.39. The monoisotopic (exact) mass is 282 g/mol. The highest BCUT2D eigenvalue weighted by Crippen LogP contribution is 2.31. The Balaban J connectivity index is 1.82. The number of hydrogen-bond acceptors (Lipinski definition) is 3. The molecule has 1 heterocycles. The Morgan fingerprint density at radius 3 is 2.29 bits per heavy atom. The van der Waals surface area contributed by atoms with Crippen LogP contribution in [0.15, 0.2) is 54.6 Å². The largest absolute Gasteiger partial charge is 0.376 e. The summed E-state index contributed by atoms with van der Waals surface area (Å²) in [6, 6.07) is 19.0. The molecule has 0 saturated carbocycles. The van der Waals surface area contributed by atoms with E-state index >= 15 is 0 Å². The van der Waals surface area contributed by atoms with Crippen LogP contribution in [0.2, 0.25) is 0 Å². The molecule has 1 aliphatic rings. The van der Waals surface area contributed by atoms with Gasteiger partial charge in [-0.2, -0.15) is 0 Å². The summed E-state index contributed by atoms with van der Waals surface area (Å²) in [5.74, 6) is 6.29. The van der Waals surface area contributed by atoms with Crippen LogP contribution in [0.3, 0.4) is 0 Å². The van der Waals surface area contributed by atoms with Gasteiger partial charge in [-0.25, -0.2) is 0 Å². The fourth-order valence-electron chi connectivity index (χ4n) is 3.04. The van der Waals surface area contributed by atoms with Crippen molar-refractivity contribution in [2.24, 2.45) is 11.8 Å². The number of rotatable bonds is 4. The van der Waals surface area contributed by atoms with Crippen LogP contribution >= 0.6 is 0 Å². The third-order valence-electron chi connectivity index (χ3n) is 4.33. The van der Waals surface area contributed by atoms with E-state index in [0.29, 0.717) is 5.92 Å². The first kappa shape index (κ1) is 14.3. The molecular formula is C18H22N2O. The van der Waals surface area contributed by atoms with E-state index in [0.717, 1.165) is 13.0 Å². The molecule has 3 N–H and O–H groups in total. The summed E-state index contributed by atoms with van der Waals surface area (Å²) in [4.78, 5) is 0. The summed E-state index contributed by atoms with van der Waals surface area (Å²) in [6.07, 6.45) is 1.25. The lowest BCUT2D eigenvalue weighted by molar-refractivity contribution is 0.0607. The first-order valence-corrected chi connectivity index (χ1v) is 7.52. The third kappa shape index (κ3) is 3.00. The van der Waals surface area contributed by atoms with Crippen molar-refractivity contribution in [1.82, 2.24) is 5.43 Å². The van der Waals surface area contributed by atoms with E-state index in [4.69, 9.17) is 10.6 Å². The summed E-state index contributed by atoms with van der Waals surface area (Å²) in [5.41, 5.74) is 6.55. The lowest BCUT2D eigenvalue weighted by Gasteiger charge is -2.26. The van der Waals surface area contributed by atoms with Crippen molar-refractivity contribution in [3.05, 3.63) is 60.2 Å². The maximum Gasteiger partial charge on any atom is 0.0808 e. The highest BCUT2D eigenvalue weighted by Gasteiger charge is 2.32. The molecule has 0 aliphatic carbocycles. The summed E-state index contributed by atoms with van der Waals surface area (Å²) in [7, 11) is 0. The van der Waals surface area contributed by atoms with Crippen molar-refractivity contribution in [1.29, 1.82) is 0 Å². The van der Waals surface area contributed by atoms with Gasteiger partial charge in [0.1, 0.15) is 0 Å². The summed E-state index contributed by atoms with van der Waals surface area (Å²) < 4.78 is 5.85. The summed E-state index contributed by atoms with van der Waals surface area (Å²) >= 11 is 0. The SMILES string of the molecule is CC1CCOC1C(NN)c1ccc(-c2ccccc2)cc1. The van der Waals surface area contributed by atoms with Gasteiger partial charge in [-0.05, 0) is 29.0 Å². The number of hydrazine groups is 1. The molecule has 2 aromatic carbocycles. The van der Waals surface area contributed by atoms with Gasteiger partial charge < -0.3 is 4.74 Å². The van der Waals surface area contributed by atoms with Gasteiger partial charge in [-0.3, -0.25) is 11.3 Å². The van der Waals surface area contributed by atoms with Gasteiger partial charge in [-0.15, -0.1) is 0 Å². The summed E-state index contributed by atoms with van der Waals surface area (Å²) in [5, 5.41) is 0. The highest BCUT2D eigenvalue weighted by atomic mass is 16.5. The predicted molar refractivity (Wildman–Crippen MR) is 85.5 cm³/mol. The predicted octanol–water partition coefficient (Wildman–Crippen LogP) is 3.28. The fourth-order valence-corrected chi connectivity index (χ4v) is 3.04. The third-order valence-corrected chi connectivity index (χ3v) is 4.33. The molecule has 3 atom stereocenters. The molecule has 1 fully saturated rings. The quantitative estimate of drug-likeness (QED) is 0.668. The average molecular weight is 282 g/mol. The zero-order valence-electron chi connectivity index (χ0n) is 12.3. The molecule has 3 nitrogen and oxygen atoms in total. The van der Waals surface area contributed by atoms with Crippen molar-refractivity contribution in [3.8, 4) is 11.1 Å². The lowest BCUT2D eigenvalue weighted by Crippen LogP contribution is -2.38. The first-order valence-electron chi connectivity index (χ1n) is 7.52. The van der Waals surface area contributed by atoms with E-state index in [2.05, 4.69) is 60.9 Å². The normalized spacial score (nSPS) is 23.1. The number of hydrogen-bond donors (Lipinski definition) is 2. The highest BCUT2D eigenvalue weighted by molar-refractivity contribution is 5.63. The van der Waals surface area contributed by atoms with Gasteiger partial charge >= 0.3 is 0 Å². The van der Waals surface area contributed by atoms with Gasteiger partial charge in [0, 0.05) is 6.61 Å². The maximum absolute atomic E-state index is 5.85. The van der Waals surface area contributed by atoms with Crippen LogP contribution in [0.4, 0.5) is 0 Å². The summed E-state index contributed by atoms with van der Waals surface area (Å²) in [6.45, 7) is 3.05. The Bertz CT molecular complexity index is 568. The Kier molecular flexibility index (Phi) is 4.34. The van der Waals surface area contributed by atoms with E-state index in [1.807, 2.05) is 6.07 Å². The zero-order valence-corrected chi connectivity index (χ0v) is 12.3. The van der Waals surface area contributed by atoms with E-state index in [1.165, 1.54) is 16.7 Å². The molecule has 0 spiro atoms. The smallest absolute Gasteiger partial charge is 0.0808 e. The molecule has 3 heteroatoms. The van der Waals surface area contributed by atoms with E-state index in [9.17, 15) is 0 Å². The first-order chi connectivity index (χ1) is 10.3. The van der Waals surface area contributed by atoms with Gasteiger partial charge in [0.25, 0.3) is 0 Å². The number of nitrogens with two attached hydrogens (primary N) is 1.